The van der Waals surface area contributed by atoms with Crippen LogP contribution in [0.4, 0.5) is 0 Å². The fraction of sp³-hybridized carbons (Fsp3) is 0. The Labute approximate surface area is 96.5 Å². The molecule has 0 aliphatic carbocycles. The average Bonchev–Trinajstić information content (AvgIpc) is 0. The molecule has 4 nitrogen and oxygen atoms in total. The van der Waals surface area contributed by atoms with Gasteiger partial charge in [-0.3, -0.25) is 0 Å². The topological polar surface area (TPSA) is 114 Å². The van der Waals surface area contributed by atoms with E-state index < -0.39 is 0 Å². The molecule has 0 saturated heterocycles. The average molecular weight is 279 g/mol. The molecule has 0 N–H and O–H groups in total. The van der Waals surface area contributed by atoms with E-state index in [4.69, 9.17) is 0 Å². The maximum Gasteiger partial charge on any atom is 3.00 e. The zero-order valence-corrected chi connectivity index (χ0v) is 9.64. The van der Waals surface area contributed by atoms with Crippen LogP contribution in [0.2, 0.25) is 0 Å². The molecule has 0 atom stereocenters. The minimum Gasteiger partial charge on any atom is -2.00 e. The molecule has 7 heavy (non-hydrogen) atoms. The van der Waals surface area contributed by atoms with Gasteiger partial charge >= 0.3 is 76.0 Å². The Morgan fingerprint density at radius 1 is 0.571 bits per heavy atom. The summed E-state index contributed by atoms with van der Waals surface area (Å²) in [6.07, 6.45) is 0. The van der Waals surface area contributed by atoms with Crippen LogP contribution in [0.3, 0.4) is 0 Å². The Hall–Kier alpha value is 2.33. The van der Waals surface area contributed by atoms with Crippen molar-refractivity contribution in [2.75, 3.05) is 0 Å². The zero-order chi connectivity index (χ0) is 0. The van der Waals surface area contributed by atoms with Gasteiger partial charge in [-0.1, -0.05) is 0 Å². The van der Waals surface area contributed by atoms with Crippen LogP contribution in [0.1, 0.15) is 0 Å². The summed E-state index contributed by atoms with van der Waals surface area (Å²) in [5.41, 5.74) is 0. The largest absolute Gasteiger partial charge is 3.00 e. The van der Waals surface area contributed by atoms with Gasteiger partial charge in [0.2, 0.25) is 0 Å². The fourth-order valence-corrected chi connectivity index (χ4v) is 0. The van der Waals surface area contributed by atoms with Crippen LogP contribution in [-0.2, 0) is 39.3 Å². The van der Waals surface area contributed by atoms with Crippen LogP contribution < -0.4 is 0 Å². The molecule has 0 aromatic heterocycles. The van der Waals surface area contributed by atoms with E-state index in [1.165, 1.54) is 0 Å². The third-order valence-electron chi connectivity index (χ3n) is 0. The minimum absolute atomic E-state index is 0. The number of hydrogen-bond donors (Lipinski definition) is 0. The summed E-state index contributed by atoms with van der Waals surface area (Å²) >= 11 is 0. The Kier molecular flexibility index (Phi) is 1400. The molecule has 0 bridgehead atoms. The van der Waals surface area contributed by atoms with Gasteiger partial charge in [0.15, 0.2) is 0 Å². The Balaban J connectivity index is 0. The van der Waals surface area contributed by atoms with Gasteiger partial charge in [0, 0.05) is 0 Å². The summed E-state index contributed by atoms with van der Waals surface area (Å²) < 4.78 is 0. The first-order valence-corrected chi connectivity index (χ1v) is 0. The van der Waals surface area contributed by atoms with Crippen LogP contribution in [0.5, 0.6) is 0 Å². The van der Waals surface area contributed by atoms with Crippen molar-refractivity contribution in [3.63, 3.8) is 0 Å². The monoisotopic (exact) mass is 279 g/mol. The van der Waals surface area contributed by atoms with Gasteiger partial charge in [0.25, 0.3) is 0 Å². The second-order valence-corrected chi connectivity index (χ2v) is 0. The Bertz CT molecular complexity index is 11.7. The molecule has 7 heteroatoms. The molecular weight excluding hydrogens is 279 g/mol. The molecule has 0 spiro atoms. The summed E-state index contributed by atoms with van der Waals surface area (Å²) in [5, 5.41) is 0. The van der Waals surface area contributed by atoms with Crippen LogP contribution in [0.15, 0.2) is 0 Å². The first-order valence-electron chi connectivity index (χ1n) is 0. The van der Waals surface area contributed by atoms with Gasteiger partial charge in [0.05, 0.1) is 0 Å². The van der Waals surface area contributed by atoms with Gasteiger partial charge < -0.3 is 21.9 Å². The third kappa shape index (κ3) is 61.4. The zero-order valence-electron chi connectivity index (χ0n) is 3.33. The second kappa shape index (κ2) is 82.3. The summed E-state index contributed by atoms with van der Waals surface area (Å²) in [6, 6.07) is 0. The molecule has 0 aromatic rings. The molecule has 0 unspecified atom stereocenters. The van der Waals surface area contributed by atoms with E-state index in [0.29, 0.717) is 0 Å². The van der Waals surface area contributed by atoms with Crippen molar-refractivity contribution in [1.29, 1.82) is 0 Å². The smallest absolute Gasteiger partial charge is 2.00 e. The molecule has 0 rings (SSSR count). The first-order chi connectivity index (χ1) is 0. The van der Waals surface area contributed by atoms with E-state index >= 15 is 0 Å². The number of hydrogen-bond acceptors (Lipinski definition) is 0. The van der Waals surface area contributed by atoms with E-state index in [-0.39, 0.29) is 97.9 Å². The second-order valence-electron chi connectivity index (χ2n) is 0. The van der Waals surface area contributed by atoms with Crippen molar-refractivity contribution in [2.24, 2.45) is 0 Å². The standard InChI is InChI=1S/Cr.La.Mg.4O/q2*+3;+2;4*-2. The van der Waals surface area contributed by atoms with Gasteiger partial charge in [-0.25, -0.2) is 0 Å². The third-order valence-corrected chi connectivity index (χ3v) is 0. The van der Waals surface area contributed by atoms with Crippen molar-refractivity contribution in [3.05, 3.63) is 0 Å². The van der Waals surface area contributed by atoms with Crippen molar-refractivity contribution in [2.45, 2.75) is 0 Å². The van der Waals surface area contributed by atoms with E-state index in [9.17, 15) is 0 Å². The van der Waals surface area contributed by atoms with Gasteiger partial charge in [-0.15, -0.1) is 0 Å². The maximum atomic E-state index is 0. The summed E-state index contributed by atoms with van der Waals surface area (Å²) in [5.74, 6) is 0. The molecule has 0 amide bonds. The molecule has 1 radical (unpaired) electrons. The molecule has 0 aliphatic rings. The van der Waals surface area contributed by atoms with Crippen LogP contribution in [0, 0.1) is 35.6 Å². The van der Waals surface area contributed by atoms with Crippen molar-refractivity contribution in [1.82, 2.24) is 0 Å². The van der Waals surface area contributed by atoms with Gasteiger partial charge in [-0.05, 0) is 0 Å². The Morgan fingerprint density at radius 3 is 0.571 bits per heavy atom. The molecule has 0 fully saturated rings. The van der Waals surface area contributed by atoms with E-state index in [1.54, 1.807) is 0 Å². The molecular formula is CrLaMgO4. The quantitative estimate of drug-likeness (QED) is 0.513. The van der Waals surface area contributed by atoms with Crippen LogP contribution >= 0.6 is 0 Å². The molecule has 35 valence electrons. The van der Waals surface area contributed by atoms with Crippen molar-refractivity contribution in [3.8, 4) is 0 Å². The first kappa shape index (κ1) is 119. The Morgan fingerprint density at radius 2 is 0.571 bits per heavy atom. The van der Waals surface area contributed by atoms with Gasteiger partial charge in [0.1, 0.15) is 0 Å². The maximum absolute atomic E-state index is 0. The minimum atomic E-state index is 0. The van der Waals surface area contributed by atoms with E-state index in [0.717, 1.165) is 0 Å². The van der Waals surface area contributed by atoms with Gasteiger partial charge in [-0.2, -0.15) is 0 Å². The normalized spacial score (nSPS) is 0. The predicted molar refractivity (Wildman–Crippen MR) is 8.50 cm³/mol. The molecule has 0 heterocycles. The van der Waals surface area contributed by atoms with Crippen LogP contribution in [-0.4, -0.2) is 23.1 Å². The number of rotatable bonds is 0. The SMILES string of the molecule is [Cr+3].[La+3].[Mg+2].[O-2].[O-2].[O-2].[O-2]. The summed E-state index contributed by atoms with van der Waals surface area (Å²) in [6.45, 7) is 0. The van der Waals surface area contributed by atoms with Crippen LogP contribution in [0.25, 0.3) is 0 Å². The predicted octanol–water partition coefficient (Wildman–Crippen LogP) is -0.859. The fourth-order valence-electron chi connectivity index (χ4n) is 0. The molecule has 0 saturated carbocycles. The van der Waals surface area contributed by atoms with E-state index in [2.05, 4.69) is 0 Å². The summed E-state index contributed by atoms with van der Waals surface area (Å²) in [4.78, 5) is 0. The van der Waals surface area contributed by atoms with E-state index in [1.807, 2.05) is 0 Å². The molecule has 0 aromatic carbocycles. The summed E-state index contributed by atoms with van der Waals surface area (Å²) in [7, 11) is 0. The van der Waals surface area contributed by atoms with Crippen molar-refractivity contribution >= 4 is 23.1 Å². The van der Waals surface area contributed by atoms with Crippen molar-refractivity contribution < 1.29 is 74.9 Å². The molecule has 0 aliphatic heterocycles.